The Labute approximate surface area is 88.1 Å². The minimum Gasteiger partial charge on any atom is -0.469 e. The Balaban J connectivity index is 2.66. The first-order valence-electron chi connectivity index (χ1n) is 3.70. The van der Waals surface area contributed by atoms with Gasteiger partial charge >= 0.3 is 0 Å². The summed E-state index contributed by atoms with van der Waals surface area (Å²) in [5.74, 6) is 0. The van der Waals surface area contributed by atoms with Crippen molar-refractivity contribution in [2.24, 2.45) is 0 Å². The van der Waals surface area contributed by atoms with E-state index in [4.69, 9.17) is 17.0 Å². The Bertz CT molecular complexity index is 276. The molecule has 0 heterocycles. The Kier molecular flexibility index (Phi) is 4.35. The fourth-order valence-electron chi connectivity index (χ4n) is 0.896. The van der Waals surface area contributed by atoms with Crippen molar-refractivity contribution < 1.29 is 4.74 Å². The Morgan fingerprint density at radius 3 is 2.46 bits per heavy atom. The van der Waals surface area contributed by atoms with Gasteiger partial charge in [0, 0.05) is 5.69 Å². The predicted molar refractivity (Wildman–Crippen MR) is 62.2 cm³/mol. The zero-order valence-corrected chi connectivity index (χ0v) is 8.55. The van der Waals surface area contributed by atoms with Gasteiger partial charge in [0.25, 0.3) is 0 Å². The van der Waals surface area contributed by atoms with Gasteiger partial charge in [-0.05, 0) is 24.4 Å². The molecular weight excluding hydrogens is 202 g/mol. The van der Waals surface area contributed by atoms with Gasteiger partial charge in [0.2, 0.25) is 0 Å². The second-order valence-electron chi connectivity index (χ2n) is 2.30. The van der Waals surface area contributed by atoms with Gasteiger partial charge < -0.3 is 9.64 Å². The normalized spacial score (nSPS) is 8.92. The number of hydrogen-bond acceptors (Lipinski definition) is 3. The van der Waals surface area contributed by atoms with E-state index in [1.54, 1.807) is 4.90 Å². The number of anilines is 1. The molecule has 0 aliphatic heterocycles. The summed E-state index contributed by atoms with van der Waals surface area (Å²) in [6, 6.07) is 9.74. The van der Waals surface area contributed by atoms with E-state index >= 15 is 0 Å². The smallest absolute Gasteiger partial charge is 0.166 e. The van der Waals surface area contributed by atoms with E-state index in [2.05, 4.69) is 12.2 Å². The lowest BCUT2D eigenvalue weighted by molar-refractivity contribution is 0.342. The van der Waals surface area contributed by atoms with Crippen LogP contribution in [0.1, 0.15) is 0 Å². The molecule has 0 saturated heterocycles. The second-order valence-corrected chi connectivity index (χ2v) is 2.71. The van der Waals surface area contributed by atoms with Crippen LogP contribution in [0.15, 0.2) is 30.3 Å². The lowest BCUT2D eigenvalue weighted by atomic mass is 10.3. The molecular formula is C9H9NOS2. The van der Waals surface area contributed by atoms with Crippen molar-refractivity contribution >= 4 is 41.2 Å². The molecule has 0 aliphatic carbocycles. The van der Waals surface area contributed by atoms with Crippen LogP contribution in [0.2, 0.25) is 0 Å². The van der Waals surface area contributed by atoms with Crippen LogP contribution in [0.25, 0.3) is 0 Å². The molecule has 0 N–H and O–H groups in total. The summed E-state index contributed by atoms with van der Waals surface area (Å²) < 4.78 is 4.96. The first-order valence-corrected chi connectivity index (χ1v) is 4.65. The molecule has 0 bridgehead atoms. The lowest BCUT2D eigenvalue weighted by Crippen LogP contribution is -2.22. The standard InChI is InChI=1S/C9H9NOS2/c12-7-10(6-11-8-13)9-4-2-1-3-5-9/h1-5,7-8H,6H2. The van der Waals surface area contributed by atoms with E-state index in [1.165, 1.54) is 11.0 Å². The summed E-state index contributed by atoms with van der Waals surface area (Å²) in [6.45, 7) is 0.358. The van der Waals surface area contributed by atoms with Crippen molar-refractivity contribution in [3.8, 4) is 0 Å². The third-order valence-electron chi connectivity index (χ3n) is 1.50. The molecule has 0 radical (unpaired) electrons. The highest BCUT2D eigenvalue weighted by Gasteiger charge is 2.00. The van der Waals surface area contributed by atoms with E-state index in [1.807, 2.05) is 30.3 Å². The largest absolute Gasteiger partial charge is 0.469 e. The molecule has 13 heavy (non-hydrogen) atoms. The summed E-state index contributed by atoms with van der Waals surface area (Å²) in [6.07, 6.45) is 0. The van der Waals surface area contributed by atoms with Crippen LogP contribution in [-0.2, 0) is 4.74 Å². The molecule has 0 saturated carbocycles. The van der Waals surface area contributed by atoms with Gasteiger partial charge in [0.15, 0.2) is 6.73 Å². The number of benzene rings is 1. The summed E-state index contributed by atoms with van der Waals surface area (Å²) in [5.41, 5.74) is 3.76. The third-order valence-corrected chi connectivity index (χ3v) is 1.89. The second kappa shape index (κ2) is 5.61. The fourth-order valence-corrected chi connectivity index (χ4v) is 1.14. The van der Waals surface area contributed by atoms with Crippen LogP contribution in [0.3, 0.4) is 0 Å². The molecule has 1 aromatic rings. The zero-order valence-electron chi connectivity index (χ0n) is 6.92. The summed E-state index contributed by atoms with van der Waals surface area (Å²) in [7, 11) is 0. The molecule has 0 aliphatic rings. The van der Waals surface area contributed by atoms with E-state index in [0.29, 0.717) is 6.73 Å². The summed E-state index contributed by atoms with van der Waals surface area (Å²) >= 11 is 9.39. The van der Waals surface area contributed by atoms with Gasteiger partial charge in [-0.3, -0.25) is 0 Å². The number of rotatable bonds is 5. The van der Waals surface area contributed by atoms with Crippen LogP contribution >= 0.6 is 24.4 Å². The van der Waals surface area contributed by atoms with Crippen LogP contribution in [0.4, 0.5) is 5.69 Å². The fraction of sp³-hybridized carbons (Fsp3) is 0.111. The van der Waals surface area contributed by atoms with Crippen molar-refractivity contribution in [2.75, 3.05) is 11.6 Å². The van der Waals surface area contributed by atoms with Gasteiger partial charge in [-0.1, -0.05) is 30.4 Å². The SMILES string of the molecule is S=COCN(C=S)c1ccccc1. The molecule has 68 valence electrons. The average molecular weight is 211 g/mol. The molecule has 0 amide bonds. The van der Waals surface area contributed by atoms with Gasteiger partial charge in [0.05, 0.1) is 5.49 Å². The highest BCUT2D eigenvalue weighted by molar-refractivity contribution is 7.79. The Morgan fingerprint density at radius 2 is 1.92 bits per heavy atom. The molecule has 1 aromatic carbocycles. The van der Waals surface area contributed by atoms with Crippen LogP contribution in [0, 0.1) is 0 Å². The van der Waals surface area contributed by atoms with Crippen molar-refractivity contribution in [3.63, 3.8) is 0 Å². The number of thiocarbonyl (C=S) groups is 2. The average Bonchev–Trinajstić information content (AvgIpc) is 2.21. The molecule has 4 heteroatoms. The van der Waals surface area contributed by atoms with Gasteiger partial charge in [-0.25, -0.2) is 0 Å². The third kappa shape index (κ3) is 3.08. The van der Waals surface area contributed by atoms with Gasteiger partial charge in [-0.2, -0.15) is 0 Å². The van der Waals surface area contributed by atoms with Crippen LogP contribution in [0.5, 0.6) is 0 Å². The maximum absolute atomic E-state index is 4.96. The van der Waals surface area contributed by atoms with Crippen molar-refractivity contribution in [1.82, 2.24) is 0 Å². The molecule has 2 nitrogen and oxygen atoms in total. The van der Waals surface area contributed by atoms with Gasteiger partial charge in [0.1, 0.15) is 5.55 Å². The number of nitrogens with zero attached hydrogens (tertiary/aromatic N) is 1. The Morgan fingerprint density at radius 1 is 1.23 bits per heavy atom. The highest BCUT2D eigenvalue weighted by Crippen LogP contribution is 2.10. The van der Waals surface area contributed by atoms with E-state index in [0.717, 1.165) is 5.69 Å². The Hall–Kier alpha value is -1.00. The summed E-state index contributed by atoms with van der Waals surface area (Å²) in [4.78, 5) is 1.79. The van der Waals surface area contributed by atoms with E-state index < -0.39 is 0 Å². The molecule has 0 aromatic heterocycles. The van der Waals surface area contributed by atoms with Crippen molar-refractivity contribution in [3.05, 3.63) is 30.3 Å². The van der Waals surface area contributed by atoms with E-state index in [-0.39, 0.29) is 0 Å². The molecule has 0 fully saturated rings. The maximum atomic E-state index is 4.96. The molecule has 0 atom stereocenters. The maximum Gasteiger partial charge on any atom is 0.166 e. The van der Waals surface area contributed by atoms with Gasteiger partial charge in [-0.15, -0.1) is 0 Å². The van der Waals surface area contributed by atoms with Crippen LogP contribution < -0.4 is 4.90 Å². The van der Waals surface area contributed by atoms with Crippen molar-refractivity contribution in [1.29, 1.82) is 0 Å². The van der Waals surface area contributed by atoms with E-state index in [9.17, 15) is 0 Å². The monoisotopic (exact) mass is 211 g/mol. The predicted octanol–water partition coefficient (Wildman–Crippen LogP) is 2.38. The number of ether oxygens (including phenoxy) is 1. The van der Waals surface area contributed by atoms with Crippen molar-refractivity contribution in [2.45, 2.75) is 0 Å². The zero-order chi connectivity index (χ0) is 9.52. The highest BCUT2D eigenvalue weighted by atomic mass is 32.1. The topological polar surface area (TPSA) is 12.5 Å². The minimum absolute atomic E-state index is 0.358. The number of hydrogen-bond donors (Lipinski definition) is 0. The molecule has 0 spiro atoms. The van der Waals surface area contributed by atoms with Crippen LogP contribution in [-0.4, -0.2) is 17.8 Å². The molecule has 0 unspecified atom stereocenters. The molecule has 1 rings (SSSR count). The summed E-state index contributed by atoms with van der Waals surface area (Å²) in [5, 5.41) is 0. The minimum atomic E-state index is 0.358. The lowest BCUT2D eigenvalue weighted by Gasteiger charge is -2.17. The number of para-hydroxylation sites is 1. The quantitative estimate of drug-likeness (QED) is 0.547. The first-order chi connectivity index (χ1) is 6.38. The first kappa shape index (κ1) is 10.1.